The van der Waals surface area contributed by atoms with Crippen molar-refractivity contribution < 1.29 is 0 Å². The van der Waals surface area contributed by atoms with Gasteiger partial charge in [0.05, 0.1) is 5.69 Å². The molecule has 0 aliphatic heterocycles. The van der Waals surface area contributed by atoms with Gasteiger partial charge in [-0.25, -0.2) is 4.98 Å². The first-order chi connectivity index (χ1) is 9.04. The molecule has 1 aromatic rings. The largest absolute Gasteiger partial charge is 0.310 e. The second-order valence-corrected chi connectivity index (χ2v) is 7.89. The van der Waals surface area contributed by atoms with Gasteiger partial charge < -0.3 is 5.32 Å². The first-order valence-electron chi connectivity index (χ1n) is 7.18. The Labute approximate surface area is 126 Å². The fourth-order valence-corrected chi connectivity index (χ4v) is 3.27. The zero-order valence-electron chi connectivity index (χ0n) is 12.8. The van der Waals surface area contributed by atoms with Crippen molar-refractivity contribution in [3.63, 3.8) is 0 Å². The van der Waals surface area contributed by atoms with Gasteiger partial charge in [0.15, 0.2) is 0 Å². The Kier molecular flexibility index (Phi) is 8.03. The lowest BCUT2D eigenvalue weighted by atomic mass is 9.93. The highest BCUT2D eigenvalue weighted by Crippen LogP contribution is 2.23. The van der Waals surface area contributed by atoms with E-state index in [2.05, 4.69) is 37.7 Å². The van der Waals surface area contributed by atoms with Gasteiger partial charge >= 0.3 is 0 Å². The van der Waals surface area contributed by atoms with Crippen molar-refractivity contribution in [1.82, 2.24) is 10.3 Å². The van der Waals surface area contributed by atoms with Crippen molar-refractivity contribution in [1.29, 1.82) is 0 Å². The van der Waals surface area contributed by atoms with Crippen LogP contribution in [0.25, 0.3) is 0 Å². The van der Waals surface area contributed by atoms with Gasteiger partial charge in [-0.3, -0.25) is 0 Å². The van der Waals surface area contributed by atoms with Gasteiger partial charge in [0.1, 0.15) is 5.01 Å². The highest BCUT2D eigenvalue weighted by atomic mass is 32.2. The van der Waals surface area contributed by atoms with Crippen LogP contribution in [0.1, 0.15) is 57.2 Å². The quantitative estimate of drug-likeness (QED) is 0.682. The van der Waals surface area contributed by atoms with Crippen molar-refractivity contribution in [3.8, 4) is 0 Å². The number of aromatic nitrogens is 1. The molecule has 0 unspecified atom stereocenters. The van der Waals surface area contributed by atoms with E-state index in [0.717, 1.165) is 13.1 Å². The molecular formula is C15H28N2S2. The van der Waals surface area contributed by atoms with Crippen LogP contribution in [0, 0.1) is 0 Å². The van der Waals surface area contributed by atoms with Gasteiger partial charge in [-0.1, -0.05) is 33.6 Å². The monoisotopic (exact) mass is 300 g/mol. The lowest BCUT2D eigenvalue weighted by molar-refractivity contribution is 0.565. The van der Waals surface area contributed by atoms with E-state index in [1.807, 2.05) is 11.8 Å². The van der Waals surface area contributed by atoms with Crippen molar-refractivity contribution in [2.24, 2.45) is 0 Å². The SMILES string of the molecule is CSCCCCCCNCc1nc(C(C)(C)C)cs1. The summed E-state index contributed by atoms with van der Waals surface area (Å²) in [5.41, 5.74) is 1.39. The van der Waals surface area contributed by atoms with Crippen LogP contribution >= 0.6 is 23.1 Å². The van der Waals surface area contributed by atoms with Gasteiger partial charge in [-0.2, -0.15) is 11.8 Å². The molecular weight excluding hydrogens is 272 g/mol. The van der Waals surface area contributed by atoms with E-state index in [4.69, 9.17) is 4.98 Å². The molecule has 1 rings (SSSR count). The summed E-state index contributed by atoms with van der Waals surface area (Å²) >= 11 is 3.72. The summed E-state index contributed by atoms with van der Waals surface area (Å²) in [5.74, 6) is 1.31. The van der Waals surface area contributed by atoms with E-state index in [1.165, 1.54) is 42.1 Å². The molecule has 1 N–H and O–H groups in total. The van der Waals surface area contributed by atoms with E-state index in [-0.39, 0.29) is 5.41 Å². The third-order valence-electron chi connectivity index (χ3n) is 3.05. The third-order valence-corrected chi connectivity index (χ3v) is 4.59. The standard InChI is InChI=1S/C15H28N2S2/c1-15(2,3)13-12-19-14(17-13)11-16-9-7-5-6-8-10-18-4/h12,16H,5-11H2,1-4H3. The molecule has 0 saturated heterocycles. The summed E-state index contributed by atoms with van der Waals surface area (Å²) in [6.07, 6.45) is 7.54. The maximum Gasteiger partial charge on any atom is 0.107 e. The number of unbranched alkanes of at least 4 members (excludes halogenated alkanes) is 3. The van der Waals surface area contributed by atoms with Gasteiger partial charge in [-0.15, -0.1) is 11.3 Å². The van der Waals surface area contributed by atoms with Crippen LogP contribution in [0.5, 0.6) is 0 Å². The molecule has 0 aliphatic rings. The van der Waals surface area contributed by atoms with Crippen molar-refractivity contribution in [2.75, 3.05) is 18.6 Å². The smallest absolute Gasteiger partial charge is 0.107 e. The summed E-state index contributed by atoms with van der Waals surface area (Å²) in [6.45, 7) is 8.69. The predicted octanol–water partition coefficient (Wildman–Crippen LogP) is 4.45. The molecule has 0 fully saturated rings. The zero-order valence-corrected chi connectivity index (χ0v) is 14.4. The Balaban J connectivity index is 2.08. The molecule has 0 bridgehead atoms. The van der Waals surface area contributed by atoms with Crippen LogP contribution in [0.2, 0.25) is 0 Å². The molecule has 0 aliphatic carbocycles. The average molecular weight is 301 g/mol. The maximum atomic E-state index is 4.69. The molecule has 19 heavy (non-hydrogen) atoms. The minimum absolute atomic E-state index is 0.173. The topological polar surface area (TPSA) is 24.9 Å². The molecule has 0 radical (unpaired) electrons. The average Bonchev–Trinajstić information content (AvgIpc) is 2.81. The summed E-state index contributed by atoms with van der Waals surface area (Å²) < 4.78 is 0. The number of nitrogens with one attached hydrogen (secondary N) is 1. The number of hydrogen-bond acceptors (Lipinski definition) is 4. The number of thiazole rings is 1. The highest BCUT2D eigenvalue weighted by Gasteiger charge is 2.16. The Bertz CT molecular complexity index is 342. The maximum absolute atomic E-state index is 4.69. The summed E-state index contributed by atoms with van der Waals surface area (Å²) in [5, 5.41) is 6.91. The summed E-state index contributed by atoms with van der Waals surface area (Å²) in [7, 11) is 0. The predicted molar refractivity (Wildman–Crippen MR) is 89.4 cm³/mol. The number of thioether (sulfide) groups is 1. The van der Waals surface area contributed by atoms with E-state index in [1.54, 1.807) is 11.3 Å². The van der Waals surface area contributed by atoms with Crippen LogP contribution in [-0.4, -0.2) is 23.5 Å². The lowest BCUT2D eigenvalue weighted by Crippen LogP contribution is -2.16. The van der Waals surface area contributed by atoms with E-state index >= 15 is 0 Å². The fourth-order valence-electron chi connectivity index (χ4n) is 1.78. The number of hydrogen-bond donors (Lipinski definition) is 1. The zero-order chi connectivity index (χ0) is 14.1. The molecule has 2 nitrogen and oxygen atoms in total. The molecule has 0 amide bonds. The highest BCUT2D eigenvalue weighted by molar-refractivity contribution is 7.98. The number of rotatable bonds is 9. The van der Waals surface area contributed by atoms with Crippen LogP contribution in [-0.2, 0) is 12.0 Å². The molecule has 0 spiro atoms. The molecule has 110 valence electrons. The third kappa shape index (κ3) is 7.33. The van der Waals surface area contributed by atoms with Crippen molar-refractivity contribution >= 4 is 23.1 Å². The van der Waals surface area contributed by atoms with Crippen LogP contribution in [0.3, 0.4) is 0 Å². The molecule has 0 atom stereocenters. The minimum atomic E-state index is 0.173. The normalized spacial score (nSPS) is 12.0. The van der Waals surface area contributed by atoms with Crippen molar-refractivity contribution in [2.45, 2.75) is 58.4 Å². The van der Waals surface area contributed by atoms with Gasteiger partial charge in [0.25, 0.3) is 0 Å². The second kappa shape index (κ2) is 8.98. The Morgan fingerprint density at radius 1 is 1.21 bits per heavy atom. The fraction of sp³-hybridized carbons (Fsp3) is 0.800. The molecule has 1 heterocycles. The van der Waals surface area contributed by atoms with E-state index in [9.17, 15) is 0 Å². The Morgan fingerprint density at radius 2 is 1.95 bits per heavy atom. The van der Waals surface area contributed by atoms with Gasteiger partial charge in [0, 0.05) is 17.3 Å². The first-order valence-corrected chi connectivity index (χ1v) is 9.46. The first kappa shape index (κ1) is 17.0. The van der Waals surface area contributed by atoms with Crippen LogP contribution in [0.4, 0.5) is 0 Å². The van der Waals surface area contributed by atoms with Crippen molar-refractivity contribution in [3.05, 3.63) is 16.1 Å². The van der Waals surface area contributed by atoms with E-state index < -0.39 is 0 Å². The molecule has 1 aromatic heterocycles. The van der Waals surface area contributed by atoms with Gasteiger partial charge in [-0.05, 0) is 31.4 Å². The molecule has 0 aromatic carbocycles. The second-order valence-electron chi connectivity index (χ2n) is 5.96. The molecule has 0 saturated carbocycles. The summed E-state index contributed by atoms with van der Waals surface area (Å²) in [4.78, 5) is 4.69. The lowest BCUT2D eigenvalue weighted by Gasteiger charge is -2.14. The molecule has 4 heteroatoms. The Morgan fingerprint density at radius 3 is 2.58 bits per heavy atom. The van der Waals surface area contributed by atoms with Crippen LogP contribution < -0.4 is 5.32 Å². The Hall–Kier alpha value is -0.0600. The van der Waals surface area contributed by atoms with Gasteiger partial charge in [0.2, 0.25) is 0 Å². The number of nitrogens with zero attached hydrogens (tertiary/aromatic N) is 1. The summed E-state index contributed by atoms with van der Waals surface area (Å²) in [6, 6.07) is 0. The van der Waals surface area contributed by atoms with E-state index in [0.29, 0.717) is 0 Å². The van der Waals surface area contributed by atoms with Crippen LogP contribution in [0.15, 0.2) is 5.38 Å². The minimum Gasteiger partial charge on any atom is -0.310 e.